The van der Waals surface area contributed by atoms with Crippen LogP contribution in [0, 0.1) is 0 Å². The van der Waals surface area contributed by atoms with Crippen molar-refractivity contribution in [3.05, 3.63) is 75.7 Å². The molecule has 1 amide bonds. The summed E-state index contributed by atoms with van der Waals surface area (Å²) in [6.07, 6.45) is 0.487. The number of aromatic nitrogens is 1. The molecule has 1 aromatic heterocycles. The predicted octanol–water partition coefficient (Wildman–Crippen LogP) is 2.87. The number of para-hydroxylation sites is 2. The van der Waals surface area contributed by atoms with Gasteiger partial charge in [0.1, 0.15) is 0 Å². The van der Waals surface area contributed by atoms with Crippen molar-refractivity contribution in [1.82, 2.24) is 9.29 Å². The molecule has 2 aromatic carbocycles. The Morgan fingerprint density at radius 3 is 2.62 bits per heavy atom. The molecule has 9 heteroatoms. The van der Waals surface area contributed by atoms with Crippen molar-refractivity contribution in [3.63, 3.8) is 0 Å². The van der Waals surface area contributed by atoms with E-state index in [9.17, 15) is 13.2 Å². The van der Waals surface area contributed by atoms with E-state index >= 15 is 0 Å². The lowest BCUT2D eigenvalue weighted by atomic mass is 10.2. The van der Waals surface area contributed by atoms with Gasteiger partial charge >= 0.3 is 0 Å². The predicted molar refractivity (Wildman–Crippen MR) is 114 cm³/mol. The molecule has 0 aliphatic carbocycles. The SMILES string of the molecule is Nc1ccccc1NC(=O)c1nc2c(s1)CN(S(=O)(=O)Cc1ccccc1)CC2. The second-order valence-corrected chi connectivity index (χ2v) is 9.81. The summed E-state index contributed by atoms with van der Waals surface area (Å²) in [7, 11) is -3.45. The minimum absolute atomic E-state index is 0.0391. The molecule has 1 aliphatic rings. The van der Waals surface area contributed by atoms with Gasteiger partial charge in [-0.1, -0.05) is 42.5 Å². The molecule has 29 heavy (non-hydrogen) atoms. The van der Waals surface area contributed by atoms with E-state index in [1.165, 1.54) is 15.6 Å². The summed E-state index contributed by atoms with van der Waals surface area (Å²) >= 11 is 1.22. The molecule has 0 unspecified atom stereocenters. The molecule has 150 valence electrons. The van der Waals surface area contributed by atoms with Gasteiger partial charge in [-0.05, 0) is 17.7 Å². The molecule has 0 bridgehead atoms. The van der Waals surface area contributed by atoms with Gasteiger partial charge in [-0.25, -0.2) is 13.4 Å². The van der Waals surface area contributed by atoms with Gasteiger partial charge < -0.3 is 11.1 Å². The topological polar surface area (TPSA) is 105 Å². The van der Waals surface area contributed by atoms with Crippen LogP contribution in [0.4, 0.5) is 11.4 Å². The highest BCUT2D eigenvalue weighted by Crippen LogP contribution is 2.28. The summed E-state index contributed by atoms with van der Waals surface area (Å²) in [4.78, 5) is 17.8. The Labute approximate surface area is 173 Å². The average molecular weight is 429 g/mol. The van der Waals surface area contributed by atoms with Crippen LogP contribution in [-0.4, -0.2) is 30.2 Å². The maximum Gasteiger partial charge on any atom is 0.284 e. The van der Waals surface area contributed by atoms with Crippen LogP contribution < -0.4 is 11.1 Å². The molecule has 0 atom stereocenters. The number of hydrogen-bond donors (Lipinski definition) is 2. The van der Waals surface area contributed by atoms with Gasteiger partial charge in [0.15, 0.2) is 5.01 Å². The lowest BCUT2D eigenvalue weighted by molar-refractivity contribution is 0.102. The van der Waals surface area contributed by atoms with E-state index in [1.807, 2.05) is 18.2 Å². The monoisotopic (exact) mass is 428 g/mol. The summed E-state index contributed by atoms with van der Waals surface area (Å²) in [5.41, 5.74) is 8.40. The molecule has 7 nitrogen and oxygen atoms in total. The fraction of sp³-hybridized carbons (Fsp3) is 0.200. The molecule has 1 aliphatic heterocycles. The van der Waals surface area contributed by atoms with Gasteiger partial charge in [0.05, 0.1) is 22.8 Å². The Morgan fingerprint density at radius 2 is 1.86 bits per heavy atom. The number of sulfonamides is 1. The third kappa shape index (κ3) is 4.31. The zero-order valence-corrected chi connectivity index (χ0v) is 17.2. The number of nitrogens with zero attached hydrogens (tertiary/aromatic N) is 2. The Kier molecular flexibility index (Phi) is 5.35. The number of fused-ring (bicyclic) bond motifs is 1. The zero-order chi connectivity index (χ0) is 20.4. The highest BCUT2D eigenvalue weighted by atomic mass is 32.2. The molecular weight excluding hydrogens is 408 g/mol. The van der Waals surface area contributed by atoms with Crippen molar-refractivity contribution in [2.75, 3.05) is 17.6 Å². The second-order valence-electron chi connectivity index (χ2n) is 6.76. The van der Waals surface area contributed by atoms with Crippen molar-refractivity contribution in [3.8, 4) is 0 Å². The summed E-state index contributed by atoms with van der Waals surface area (Å²) in [5, 5.41) is 3.07. The first-order chi connectivity index (χ1) is 13.9. The third-order valence-electron chi connectivity index (χ3n) is 4.68. The summed E-state index contributed by atoms with van der Waals surface area (Å²) < 4.78 is 27.1. The number of thiazole rings is 1. The van der Waals surface area contributed by atoms with Crippen molar-refractivity contribution in [1.29, 1.82) is 0 Å². The van der Waals surface area contributed by atoms with Crippen molar-refractivity contribution in [2.24, 2.45) is 0 Å². The molecule has 0 spiro atoms. The fourth-order valence-electron chi connectivity index (χ4n) is 3.17. The van der Waals surface area contributed by atoms with Gasteiger partial charge in [0, 0.05) is 24.4 Å². The Morgan fingerprint density at radius 1 is 1.14 bits per heavy atom. The van der Waals surface area contributed by atoms with Crippen LogP contribution in [0.15, 0.2) is 54.6 Å². The van der Waals surface area contributed by atoms with Crippen molar-refractivity contribution in [2.45, 2.75) is 18.7 Å². The zero-order valence-electron chi connectivity index (χ0n) is 15.5. The number of benzene rings is 2. The van der Waals surface area contributed by atoms with Crippen LogP contribution in [0.1, 0.15) is 25.9 Å². The molecule has 3 aromatic rings. The number of nitrogen functional groups attached to an aromatic ring is 1. The summed E-state index contributed by atoms with van der Waals surface area (Å²) in [6, 6.07) is 16.1. The minimum Gasteiger partial charge on any atom is -0.397 e. The number of nitrogens with two attached hydrogens (primary N) is 1. The minimum atomic E-state index is -3.45. The first-order valence-corrected chi connectivity index (χ1v) is 11.5. The molecule has 3 N–H and O–H groups in total. The number of amides is 1. The molecule has 0 saturated heterocycles. The first-order valence-electron chi connectivity index (χ1n) is 9.08. The molecule has 0 fully saturated rings. The van der Waals surface area contributed by atoms with E-state index in [2.05, 4.69) is 10.3 Å². The van der Waals surface area contributed by atoms with Crippen LogP contribution >= 0.6 is 11.3 Å². The third-order valence-corrected chi connectivity index (χ3v) is 7.56. The van der Waals surface area contributed by atoms with E-state index in [0.717, 1.165) is 16.1 Å². The van der Waals surface area contributed by atoms with Crippen LogP contribution in [0.5, 0.6) is 0 Å². The first kappa shape index (κ1) is 19.6. The highest BCUT2D eigenvalue weighted by Gasteiger charge is 2.30. The summed E-state index contributed by atoms with van der Waals surface area (Å²) in [6.45, 7) is 0.599. The number of anilines is 2. The van der Waals surface area contributed by atoms with Crippen molar-refractivity contribution >= 4 is 38.6 Å². The lowest BCUT2D eigenvalue weighted by Crippen LogP contribution is -2.36. The molecule has 4 rings (SSSR count). The van der Waals surface area contributed by atoms with Gasteiger partial charge in [0.25, 0.3) is 5.91 Å². The van der Waals surface area contributed by atoms with E-state index in [-0.39, 0.29) is 18.2 Å². The van der Waals surface area contributed by atoms with Gasteiger partial charge in [0.2, 0.25) is 10.0 Å². The molecule has 0 radical (unpaired) electrons. The van der Waals surface area contributed by atoms with Crippen molar-refractivity contribution < 1.29 is 13.2 Å². The van der Waals surface area contributed by atoms with E-state index in [4.69, 9.17) is 5.73 Å². The van der Waals surface area contributed by atoms with Gasteiger partial charge in [-0.2, -0.15) is 4.31 Å². The largest absolute Gasteiger partial charge is 0.397 e. The standard InChI is InChI=1S/C20H20N4O3S2/c21-15-8-4-5-9-16(15)22-19(25)20-23-17-10-11-24(12-18(17)28-20)29(26,27)13-14-6-2-1-3-7-14/h1-9H,10-13,21H2,(H,22,25). The smallest absolute Gasteiger partial charge is 0.284 e. The van der Waals surface area contributed by atoms with E-state index in [0.29, 0.717) is 29.3 Å². The highest BCUT2D eigenvalue weighted by molar-refractivity contribution is 7.88. The van der Waals surface area contributed by atoms with Crippen LogP contribution in [-0.2, 0) is 28.7 Å². The number of hydrogen-bond acceptors (Lipinski definition) is 6. The normalized spacial score (nSPS) is 14.3. The Hall–Kier alpha value is -2.75. The van der Waals surface area contributed by atoms with Gasteiger partial charge in [-0.3, -0.25) is 4.79 Å². The van der Waals surface area contributed by atoms with E-state index in [1.54, 1.807) is 36.4 Å². The van der Waals surface area contributed by atoms with Gasteiger partial charge in [-0.15, -0.1) is 11.3 Å². The Balaban J connectivity index is 1.48. The Bertz CT molecular complexity index is 1140. The quantitative estimate of drug-likeness (QED) is 0.608. The number of carbonyl (C=O) groups is 1. The number of nitrogens with one attached hydrogen (secondary N) is 1. The second kappa shape index (κ2) is 7.94. The number of rotatable bonds is 5. The van der Waals surface area contributed by atoms with E-state index < -0.39 is 10.0 Å². The maximum absolute atomic E-state index is 12.8. The molecule has 2 heterocycles. The van der Waals surface area contributed by atoms with Crippen LogP contribution in [0.25, 0.3) is 0 Å². The van der Waals surface area contributed by atoms with Crippen LogP contribution in [0.3, 0.4) is 0 Å². The average Bonchev–Trinajstić information content (AvgIpc) is 3.14. The fourth-order valence-corrected chi connectivity index (χ4v) is 5.76. The molecule has 0 saturated carbocycles. The lowest BCUT2D eigenvalue weighted by Gasteiger charge is -2.25. The summed E-state index contributed by atoms with van der Waals surface area (Å²) in [5.74, 6) is -0.385. The maximum atomic E-state index is 12.8. The number of carbonyl (C=O) groups excluding carboxylic acids is 1. The van der Waals surface area contributed by atoms with Crippen LogP contribution in [0.2, 0.25) is 0 Å². The molecular formula is C20H20N4O3S2.